The minimum absolute atomic E-state index is 0.0174. The second kappa shape index (κ2) is 13.3. The molecule has 41 heavy (non-hydrogen) atoms. The minimum atomic E-state index is -4.63. The van der Waals surface area contributed by atoms with E-state index in [1.807, 2.05) is 0 Å². The Morgan fingerprint density at radius 2 is 1.90 bits per heavy atom. The summed E-state index contributed by atoms with van der Waals surface area (Å²) in [4.78, 5) is 42.6. The van der Waals surface area contributed by atoms with Crippen LogP contribution in [0.4, 0.5) is 13.2 Å². The molecule has 12 heteroatoms. The number of alkyl halides is 3. The van der Waals surface area contributed by atoms with Crippen molar-refractivity contribution in [2.24, 2.45) is 5.92 Å². The predicted octanol–water partition coefficient (Wildman–Crippen LogP) is 6.29. The molecule has 2 aromatic carbocycles. The van der Waals surface area contributed by atoms with Gasteiger partial charge in [0.25, 0.3) is 5.56 Å². The number of H-pyrrole nitrogens is 1. The molecule has 0 spiro atoms. The molecular weight excluding hydrogens is 581 g/mol. The quantitative estimate of drug-likeness (QED) is 0.206. The fourth-order valence-corrected chi connectivity index (χ4v) is 6.11. The molecule has 4 rings (SSSR count). The van der Waals surface area contributed by atoms with Crippen LogP contribution in [0.5, 0.6) is 5.75 Å². The number of carbonyl (C=O) groups is 2. The van der Waals surface area contributed by atoms with Crippen LogP contribution in [0.25, 0.3) is 22.0 Å². The number of piperidine rings is 1. The van der Waals surface area contributed by atoms with Crippen molar-refractivity contribution in [3.8, 4) is 16.9 Å². The van der Waals surface area contributed by atoms with Gasteiger partial charge < -0.3 is 19.7 Å². The largest absolute Gasteiger partial charge is 0.507 e. The van der Waals surface area contributed by atoms with Crippen LogP contribution in [0.1, 0.15) is 38.2 Å². The van der Waals surface area contributed by atoms with E-state index in [1.54, 1.807) is 6.92 Å². The Hall–Kier alpha value is -3.02. The average molecular weight is 611 g/mol. The third kappa shape index (κ3) is 7.64. The van der Waals surface area contributed by atoms with Crippen molar-refractivity contribution < 1.29 is 32.6 Å². The molecule has 0 saturated carbocycles. The van der Waals surface area contributed by atoms with E-state index in [9.17, 15) is 32.7 Å². The molecule has 0 amide bonds. The second-order valence-corrected chi connectivity index (χ2v) is 11.3. The number of carbonyl (C=O) groups excluding carboxylic acids is 2. The number of phenols is 1. The van der Waals surface area contributed by atoms with Gasteiger partial charge in [0.05, 0.1) is 28.7 Å². The van der Waals surface area contributed by atoms with Gasteiger partial charge in [-0.3, -0.25) is 14.4 Å². The van der Waals surface area contributed by atoms with Gasteiger partial charge in [-0.2, -0.15) is 13.2 Å². The molecule has 7 nitrogen and oxygen atoms in total. The number of fused-ring (bicyclic) bond motifs is 1. The highest BCUT2D eigenvalue weighted by atomic mass is 35.5. The minimum Gasteiger partial charge on any atom is -0.507 e. The molecule has 1 aromatic heterocycles. The van der Waals surface area contributed by atoms with Crippen molar-refractivity contribution in [2.75, 3.05) is 32.0 Å². The molecular formula is C29H30ClF3N2O5S. The zero-order chi connectivity index (χ0) is 29.7. The van der Waals surface area contributed by atoms with E-state index < -0.39 is 17.3 Å². The molecule has 0 atom stereocenters. The molecule has 3 aromatic rings. The highest BCUT2D eigenvalue weighted by Gasteiger charge is 2.31. The van der Waals surface area contributed by atoms with Crippen molar-refractivity contribution in [3.63, 3.8) is 0 Å². The first-order valence-electron chi connectivity index (χ1n) is 13.3. The van der Waals surface area contributed by atoms with Crippen molar-refractivity contribution in [1.29, 1.82) is 0 Å². The summed E-state index contributed by atoms with van der Waals surface area (Å²) >= 11 is 7.06. The number of benzene rings is 2. The SMILES string of the molecule is CCOC(=O)C1CCN(CCCC(=O)CSc2c(-c3cc(Cl)ccc3O)c3cc(C(F)(F)F)ccc3[nH]c2=O)CC1. The van der Waals surface area contributed by atoms with Crippen molar-refractivity contribution in [1.82, 2.24) is 9.88 Å². The third-order valence-corrected chi connectivity index (χ3v) is 8.42. The number of rotatable bonds is 10. The number of Topliss-reactive ketones (excluding diaryl/α,β-unsaturated/α-hetero) is 1. The van der Waals surface area contributed by atoms with Gasteiger partial charge in [0, 0.05) is 33.5 Å². The number of pyridine rings is 1. The van der Waals surface area contributed by atoms with Gasteiger partial charge in [-0.15, -0.1) is 11.8 Å². The normalized spacial score (nSPS) is 14.9. The fourth-order valence-electron chi connectivity index (χ4n) is 4.94. The number of likely N-dealkylation sites (tertiary alicyclic amines) is 1. The number of nitrogens with zero attached hydrogens (tertiary/aromatic N) is 1. The average Bonchev–Trinajstić information content (AvgIpc) is 2.93. The Labute approximate surface area is 244 Å². The molecule has 1 fully saturated rings. The topological polar surface area (TPSA) is 99.7 Å². The van der Waals surface area contributed by atoms with Gasteiger partial charge in [0.1, 0.15) is 11.5 Å². The maximum Gasteiger partial charge on any atom is 0.416 e. The first-order valence-corrected chi connectivity index (χ1v) is 14.6. The summed E-state index contributed by atoms with van der Waals surface area (Å²) in [5.41, 5.74) is -1.18. The van der Waals surface area contributed by atoms with E-state index in [2.05, 4.69) is 9.88 Å². The maximum atomic E-state index is 13.5. The smallest absolute Gasteiger partial charge is 0.416 e. The summed E-state index contributed by atoms with van der Waals surface area (Å²) in [6.45, 7) is 4.31. The summed E-state index contributed by atoms with van der Waals surface area (Å²) in [6.07, 6.45) is -2.36. The Morgan fingerprint density at radius 3 is 2.59 bits per heavy atom. The first kappa shape index (κ1) is 30.9. The lowest BCUT2D eigenvalue weighted by Gasteiger charge is -2.30. The number of aromatic amines is 1. The number of hydrogen-bond acceptors (Lipinski definition) is 7. The van der Waals surface area contributed by atoms with Gasteiger partial charge in [-0.05, 0) is 82.2 Å². The van der Waals surface area contributed by atoms with Crippen LogP contribution >= 0.6 is 23.4 Å². The Bertz CT molecular complexity index is 1490. The molecule has 0 aliphatic carbocycles. The van der Waals surface area contributed by atoms with Gasteiger partial charge >= 0.3 is 12.1 Å². The van der Waals surface area contributed by atoms with Gasteiger partial charge in [-0.25, -0.2) is 0 Å². The monoisotopic (exact) mass is 610 g/mol. The molecule has 2 N–H and O–H groups in total. The van der Waals surface area contributed by atoms with E-state index in [4.69, 9.17) is 16.3 Å². The molecule has 220 valence electrons. The summed E-state index contributed by atoms with van der Waals surface area (Å²) in [6, 6.07) is 7.05. The van der Waals surface area contributed by atoms with Gasteiger partial charge in [0.2, 0.25) is 0 Å². The molecule has 0 radical (unpaired) electrons. The van der Waals surface area contributed by atoms with Crippen molar-refractivity contribution in [3.05, 3.63) is 57.3 Å². The van der Waals surface area contributed by atoms with Crippen LogP contribution in [0, 0.1) is 5.92 Å². The van der Waals surface area contributed by atoms with Crippen LogP contribution in [0.15, 0.2) is 46.1 Å². The van der Waals surface area contributed by atoms with Crippen LogP contribution < -0.4 is 5.56 Å². The lowest BCUT2D eigenvalue weighted by Crippen LogP contribution is -2.37. The number of ether oxygens (including phenoxy) is 1. The van der Waals surface area contributed by atoms with E-state index in [0.717, 1.165) is 37.0 Å². The zero-order valence-corrected chi connectivity index (χ0v) is 23.9. The lowest BCUT2D eigenvalue weighted by atomic mass is 9.97. The maximum absolute atomic E-state index is 13.5. The van der Waals surface area contributed by atoms with Gasteiger partial charge in [-0.1, -0.05) is 11.6 Å². The van der Waals surface area contributed by atoms with E-state index in [0.29, 0.717) is 32.4 Å². The number of hydrogen-bond donors (Lipinski definition) is 2. The highest BCUT2D eigenvalue weighted by Crippen LogP contribution is 2.42. The first-order chi connectivity index (χ1) is 19.5. The van der Waals surface area contributed by atoms with Crippen molar-refractivity contribution >= 4 is 46.0 Å². The summed E-state index contributed by atoms with van der Waals surface area (Å²) in [5.74, 6) is -0.722. The van der Waals surface area contributed by atoms with Crippen LogP contribution in [-0.4, -0.2) is 58.7 Å². The Balaban J connectivity index is 1.49. The van der Waals surface area contributed by atoms with E-state index in [-0.39, 0.29) is 67.5 Å². The molecule has 2 heterocycles. The van der Waals surface area contributed by atoms with Crippen LogP contribution in [-0.2, 0) is 20.5 Å². The summed E-state index contributed by atoms with van der Waals surface area (Å²) < 4.78 is 45.7. The standard InChI is InChI=1S/C29H30ClF3N2O5S/c1-2-40-28(39)17-9-12-35(13-10-17)11-3-4-20(36)16-41-26-25(22-15-19(30)6-8-24(22)37)21-14-18(29(31,32)33)5-7-23(21)34-27(26)38/h5-8,14-15,17,37H,2-4,9-13,16H2,1H3,(H,34,38). The fraction of sp³-hybridized carbons (Fsp3) is 0.414. The van der Waals surface area contributed by atoms with E-state index in [1.165, 1.54) is 24.3 Å². The Kier molecular flexibility index (Phi) is 10.0. The number of nitrogens with one attached hydrogen (secondary N) is 1. The zero-order valence-electron chi connectivity index (χ0n) is 22.4. The number of phenolic OH excluding ortho intramolecular Hbond substituents is 1. The number of aromatic nitrogens is 1. The van der Waals surface area contributed by atoms with Crippen molar-refractivity contribution in [2.45, 2.75) is 43.7 Å². The third-order valence-electron chi connectivity index (χ3n) is 7.04. The number of esters is 1. The molecule has 1 aliphatic heterocycles. The van der Waals surface area contributed by atoms with Crippen LogP contribution in [0.2, 0.25) is 5.02 Å². The Morgan fingerprint density at radius 1 is 1.17 bits per heavy atom. The molecule has 1 saturated heterocycles. The second-order valence-electron chi connectivity index (χ2n) is 9.88. The summed E-state index contributed by atoms with van der Waals surface area (Å²) in [7, 11) is 0. The number of halogens is 4. The molecule has 1 aliphatic rings. The summed E-state index contributed by atoms with van der Waals surface area (Å²) in [5, 5.41) is 10.9. The van der Waals surface area contributed by atoms with Gasteiger partial charge in [0.15, 0.2) is 0 Å². The number of thioether (sulfide) groups is 1. The lowest BCUT2D eigenvalue weighted by molar-refractivity contribution is -0.149. The van der Waals surface area contributed by atoms with Crippen LogP contribution in [0.3, 0.4) is 0 Å². The predicted molar refractivity (Wildman–Crippen MR) is 152 cm³/mol. The molecule has 0 unspecified atom stereocenters. The molecule has 0 bridgehead atoms. The highest BCUT2D eigenvalue weighted by molar-refractivity contribution is 8.00. The number of ketones is 1. The van der Waals surface area contributed by atoms with E-state index >= 15 is 0 Å². The number of aromatic hydroxyl groups is 1.